The van der Waals surface area contributed by atoms with Crippen molar-refractivity contribution in [1.82, 2.24) is 29.6 Å². The van der Waals surface area contributed by atoms with Crippen molar-refractivity contribution < 1.29 is 4.39 Å². The minimum absolute atomic E-state index is 0.00105. The van der Waals surface area contributed by atoms with Crippen molar-refractivity contribution in [2.24, 2.45) is 5.73 Å². The van der Waals surface area contributed by atoms with Crippen LogP contribution < -0.4 is 21.6 Å². The Bertz CT molecular complexity index is 1130. The second-order valence-corrected chi connectivity index (χ2v) is 7.42. The summed E-state index contributed by atoms with van der Waals surface area (Å²) in [5.41, 5.74) is 8.01. The van der Waals surface area contributed by atoms with Crippen LogP contribution in [0.5, 0.6) is 0 Å². The predicted molar refractivity (Wildman–Crippen MR) is 117 cm³/mol. The molecule has 3 aromatic rings. The molecule has 0 aliphatic carbocycles. The van der Waals surface area contributed by atoms with Gasteiger partial charge in [-0.3, -0.25) is 0 Å². The average molecular weight is 424 g/mol. The zero-order chi connectivity index (χ0) is 21.8. The summed E-state index contributed by atoms with van der Waals surface area (Å²) in [7, 11) is 0. The lowest BCUT2D eigenvalue weighted by molar-refractivity contribution is 0.585. The lowest BCUT2D eigenvalue weighted by Crippen LogP contribution is -2.43. The van der Waals surface area contributed by atoms with Crippen LogP contribution in [0, 0.1) is 6.92 Å². The first kappa shape index (κ1) is 20.9. The molecule has 9 nitrogen and oxygen atoms in total. The van der Waals surface area contributed by atoms with Gasteiger partial charge in [0.25, 0.3) is 0 Å². The molecule has 0 aromatic carbocycles. The van der Waals surface area contributed by atoms with Gasteiger partial charge in [0.2, 0.25) is 0 Å². The van der Waals surface area contributed by atoms with Crippen LogP contribution in [-0.4, -0.2) is 57.0 Å². The van der Waals surface area contributed by atoms with E-state index in [-0.39, 0.29) is 18.7 Å². The average Bonchev–Trinajstić information content (AvgIpc) is 3.17. The van der Waals surface area contributed by atoms with Crippen LogP contribution in [-0.2, 0) is 6.54 Å². The number of anilines is 1. The lowest BCUT2D eigenvalue weighted by Gasteiger charge is -2.28. The van der Waals surface area contributed by atoms with Gasteiger partial charge in [-0.2, -0.15) is 5.10 Å². The van der Waals surface area contributed by atoms with E-state index in [1.165, 1.54) is 10.9 Å². The summed E-state index contributed by atoms with van der Waals surface area (Å²) in [5.74, 6) is 1.44. The molecule has 162 valence electrons. The quantitative estimate of drug-likeness (QED) is 0.608. The molecule has 31 heavy (non-hydrogen) atoms. The van der Waals surface area contributed by atoms with Gasteiger partial charge in [-0.15, -0.1) is 0 Å². The molecule has 10 heteroatoms. The van der Waals surface area contributed by atoms with E-state index in [2.05, 4.69) is 25.3 Å². The normalized spacial score (nSPS) is 14.8. The summed E-state index contributed by atoms with van der Waals surface area (Å²) in [5, 5.41) is 7.38. The highest BCUT2D eigenvalue weighted by Gasteiger charge is 2.14. The Balaban J connectivity index is 1.56. The topological polar surface area (TPSA) is 107 Å². The van der Waals surface area contributed by atoms with Crippen LogP contribution in [0.4, 0.5) is 10.2 Å². The number of piperazine rings is 1. The number of halogens is 1. The minimum Gasteiger partial charge on any atom is -0.354 e. The molecule has 0 unspecified atom stereocenters. The molecule has 0 amide bonds. The number of hydrogen-bond acceptors (Lipinski definition) is 7. The van der Waals surface area contributed by atoms with E-state index in [0.29, 0.717) is 12.1 Å². The molecule has 3 N–H and O–H groups in total. The van der Waals surface area contributed by atoms with Crippen LogP contribution in [0.15, 0.2) is 53.6 Å². The van der Waals surface area contributed by atoms with E-state index < -0.39 is 5.69 Å². The maximum atomic E-state index is 12.8. The van der Waals surface area contributed by atoms with Crippen molar-refractivity contribution in [3.05, 3.63) is 64.9 Å². The smallest absolute Gasteiger partial charge is 0.351 e. The van der Waals surface area contributed by atoms with Gasteiger partial charge in [0.15, 0.2) is 0 Å². The Morgan fingerprint density at radius 3 is 2.65 bits per heavy atom. The SMILES string of the molecule is Cc1cc(-c2ccc(N3CCNCC3)nc2)cnc1-n1cnn(C/C(=C/F)CN)c1=O. The van der Waals surface area contributed by atoms with E-state index in [1.54, 1.807) is 6.20 Å². The van der Waals surface area contributed by atoms with E-state index in [9.17, 15) is 9.18 Å². The lowest BCUT2D eigenvalue weighted by atomic mass is 10.1. The number of nitrogens with two attached hydrogens (primary N) is 1. The molecule has 1 aliphatic rings. The number of pyridine rings is 2. The third kappa shape index (κ3) is 4.39. The summed E-state index contributed by atoms with van der Waals surface area (Å²) in [6.45, 7) is 5.70. The number of aromatic nitrogens is 5. The molecule has 3 aromatic heterocycles. The van der Waals surface area contributed by atoms with E-state index >= 15 is 0 Å². The first-order chi connectivity index (χ1) is 15.1. The van der Waals surface area contributed by atoms with Crippen LogP contribution in [0.1, 0.15) is 5.56 Å². The van der Waals surface area contributed by atoms with Gasteiger partial charge in [-0.05, 0) is 36.3 Å². The van der Waals surface area contributed by atoms with Gasteiger partial charge >= 0.3 is 5.69 Å². The van der Waals surface area contributed by atoms with Gasteiger partial charge in [-0.25, -0.2) is 28.4 Å². The maximum absolute atomic E-state index is 12.8. The van der Waals surface area contributed by atoms with Gasteiger partial charge in [0.1, 0.15) is 18.0 Å². The molecule has 1 fully saturated rings. The van der Waals surface area contributed by atoms with E-state index in [0.717, 1.165) is 53.4 Å². The van der Waals surface area contributed by atoms with Crippen LogP contribution >= 0.6 is 0 Å². The van der Waals surface area contributed by atoms with Crippen molar-refractivity contribution in [3.8, 4) is 16.9 Å². The number of aryl methyl sites for hydroxylation is 1. The van der Waals surface area contributed by atoms with E-state index in [4.69, 9.17) is 5.73 Å². The van der Waals surface area contributed by atoms with Crippen molar-refractivity contribution in [3.63, 3.8) is 0 Å². The Kier molecular flexibility index (Phi) is 6.19. The minimum atomic E-state index is -0.404. The zero-order valence-electron chi connectivity index (χ0n) is 17.3. The van der Waals surface area contributed by atoms with Crippen LogP contribution in [0.3, 0.4) is 0 Å². The number of nitrogens with zero attached hydrogens (tertiary/aromatic N) is 6. The van der Waals surface area contributed by atoms with Crippen molar-refractivity contribution >= 4 is 5.82 Å². The molecule has 0 radical (unpaired) electrons. The van der Waals surface area contributed by atoms with Gasteiger partial charge in [-0.1, -0.05) is 0 Å². The monoisotopic (exact) mass is 424 g/mol. The predicted octanol–water partition coefficient (Wildman–Crippen LogP) is 1.02. The fourth-order valence-corrected chi connectivity index (χ4v) is 3.54. The molecule has 1 aliphatic heterocycles. The largest absolute Gasteiger partial charge is 0.354 e. The van der Waals surface area contributed by atoms with Crippen LogP contribution in [0.2, 0.25) is 0 Å². The molecule has 0 saturated carbocycles. The third-order valence-electron chi connectivity index (χ3n) is 5.30. The van der Waals surface area contributed by atoms with E-state index in [1.807, 2.05) is 31.3 Å². The molecular formula is C21H25FN8O. The zero-order valence-corrected chi connectivity index (χ0v) is 17.3. The molecule has 4 heterocycles. The summed E-state index contributed by atoms with van der Waals surface area (Å²) < 4.78 is 15.3. The van der Waals surface area contributed by atoms with Crippen molar-refractivity contribution in [2.45, 2.75) is 13.5 Å². The maximum Gasteiger partial charge on any atom is 0.351 e. The fourth-order valence-electron chi connectivity index (χ4n) is 3.54. The molecule has 1 saturated heterocycles. The Labute approximate surface area is 179 Å². The molecular weight excluding hydrogens is 399 g/mol. The second kappa shape index (κ2) is 9.19. The highest BCUT2D eigenvalue weighted by atomic mass is 19.1. The number of hydrogen-bond donors (Lipinski definition) is 2. The Morgan fingerprint density at radius 1 is 1.23 bits per heavy atom. The second-order valence-electron chi connectivity index (χ2n) is 7.42. The van der Waals surface area contributed by atoms with Crippen LogP contribution in [0.25, 0.3) is 16.9 Å². The summed E-state index contributed by atoms with van der Waals surface area (Å²) >= 11 is 0. The van der Waals surface area contributed by atoms with Gasteiger partial charge < -0.3 is 16.0 Å². The highest BCUT2D eigenvalue weighted by molar-refractivity contribution is 5.65. The molecule has 4 rings (SSSR count). The number of rotatable bonds is 6. The Morgan fingerprint density at radius 2 is 2.00 bits per heavy atom. The highest BCUT2D eigenvalue weighted by Crippen LogP contribution is 2.23. The number of nitrogens with one attached hydrogen (secondary N) is 1. The summed E-state index contributed by atoms with van der Waals surface area (Å²) in [6, 6.07) is 6.01. The Hall–Kier alpha value is -3.37. The molecule has 0 bridgehead atoms. The van der Waals surface area contributed by atoms with Crippen molar-refractivity contribution in [1.29, 1.82) is 0 Å². The third-order valence-corrected chi connectivity index (χ3v) is 5.30. The fraction of sp³-hybridized carbons (Fsp3) is 0.333. The summed E-state index contributed by atoms with van der Waals surface area (Å²) in [6.07, 6.45) is 5.34. The van der Waals surface area contributed by atoms with Crippen molar-refractivity contribution in [2.75, 3.05) is 37.6 Å². The standard InChI is InChI=1S/C21H25FN8O/c1-15-8-18(17-2-3-19(25-11-17)28-6-4-24-5-7-28)12-26-20(15)29-14-27-30(21(29)31)13-16(9-22)10-23/h2-3,8-9,11-12,14,24H,4-7,10,13,23H2,1H3/b16-9+. The first-order valence-corrected chi connectivity index (χ1v) is 10.1. The molecule has 0 atom stereocenters. The summed E-state index contributed by atoms with van der Waals surface area (Å²) in [4.78, 5) is 24.0. The first-order valence-electron chi connectivity index (χ1n) is 10.1. The van der Waals surface area contributed by atoms with Gasteiger partial charge in [0, 0.05) is 56.2 Å². The molecule has 0 spiro atoms. The van der Waals surface area contributed by atoms with Gasteiger partial charge in [0.05, 0.1) is 12.9 Å².